The van der Waals surface area contributed by atoms with Crippen molar-refractivity contribution < 1.29 is 13.9 Å². The topological polar surface area (TPSA) is 52.3 Å². The fourth-order valence-corrected chi connectivity index (χ4v) is 1.50. The van der Waals surface area contributed by atoms with E-state index in [1.807, 2.05) is 0 Å². The second kappa shape index (κ2) is 3.93. The number of hydrogen-bond donors (Lipinski definition) is 1. The summed E-state index contributed by atoms with van der Waals surface area (Å²) in [6.07, 6.45) is -1.09. The van der Waals surface area contributed by atoms with Crippen LogP contribution in [-0.2, 0) is 0 Å². The molecule has 0 heterocycles. The van der Waals surface area contributed by atoms with Crippen molar-refractivity contribution in [2.45, 2.75) is 0 Å². The maximum Gasteiger partial charge on any atom is 0.410 e. The van der Waals surface area contributed by atoms with Crippen LogP contribution in [0.2, 0.25) is 5.02 Å². The molecule has 0 aromatic heterocycles. The molecule has 6 heteroatoms. The van der Waals surface area contributed by atoms with E-state index in [0.29, 0.717) is 0 Å². The van der Waals surface area contributed by atoms with Crippen LogP contribution in [0.3, 0.4) is 0 Å². The predicted molar refractivity (Wildman–Crippen MR) is 49.3 cm³/mol. The highest BCUT2D eigenvalue weighted by Crippen LogP contribution is 2.29. The Labute approximate surface area is 86.7 Å². The lowest BCUT2D eigenvalue weighted by Crippen LogP contribution is -2.17. The van der Waals surface area contributed by atoms with E-state index in [4.69, 9.17) is 17.3 Å². The zero-order valence-electron chi connectivity index (χ0n) is 6.18. The van der Waals surface area contributed by atoms with E-state index in [1.54, 1.807) is 0 Å². The van der Waals surface area contributed by atoms with Gasteiger partial charge in [0.05, 0.1) is 4.47 Å². The van der Waals surface area contributed by atoms with E-state index < -0.39 is 11.9 Å². The molecule has 0 saturated heterocycles. The van der Waals surface area contributed by atoms with Crippen LogP contribution in [-0.4, -0.2) is 6.09 Å². The van der Waals surface area contributed by atoms with Gasteiger partial charge in [0, 0.05) is 11.1 Å². The molecule has 13 heavy (non-hydrogen) atoms. The van der Waals surface area contributed by atoms with Crippen molar-refractivity contribution in [2.24, 2.45) is 5.73 Å². The molecule has 0 saturated carbocycles. The summed E-state index contributed by atoms with van der Waals surface area (Å²) in [4.78, 5) is 10.3. The molecule has 3 nitrogen and oxygen atoms in total. The van der Waals surface area contributed by atoms with Crippen LogP contribution in [0.1, 0.15) is 0 Å². The van der Waals surface area contributed by atoms with Gasteiger partial charge in [0.1, 0.15) is 0 Å². The summed E-state index contributed by atoms with van der Waals surface area (Å²) in [6.45, 7) is 0. The van der Waals surface area contributed by atoms with Crippen LogP contribution in [0.25, 0.3) is 0 Å². The van der Waals surface area contributed by atoms with Crippen LogP contribution < -0.4 is 10.5 Å². The van der Waals surface area contributed by atoms with Crippen molar-refractivity contribution in [1.82, 2.24) is 0 Å². The van der Waals surface area contributed by atoms with Crippen LogP contribution in [0, 0.1) is 5.82 Å². The molecule has 0 aliphatic heterocycles. The van der Waals surface area contributed by atoms with Gasteiger partial charge in [-0.05, 0) is 22.0 Å². The molecule has 1 rings (SSSR count). The largest absolute Gasteiger partial charge is 0.410 e. The third kappa shape index (κ3) is 2.57. The minimum Gasteiger partial charge on any atom is -0.407 e. The van der Waals surface area contributed by atoms with Crippen molar-refractivity contribution in [3.8, 4) is 5.75 Å². The van der Waals surface area contributed by atoms with Gasteiger partial charge in [-0.2, -0.15) is 0 Å². The molecule has 0 radical (unpaired) electrons. The van der Waals surface area contributed by atoms with E-state index >= 15 is 0 Å². The van der Waals surface area contributed by atoms with Crippen LogP contribution in [0.15, 0.2) is 16.6 Å². The Morgan fingerprint density at radius 2 is 2.23 bits per heavy atom. The van der Waals surface area contributed by atoms with Crippen molar-refractivity contribution in [3.63, 3.8) is 0 Å². The summed E-state index contributed by atoms with van der Waals surface area (Å²) in [5.74, 6) is -1.02. The monoisotopic (exact) mass is 267 g/mol. The molecule has 0 fully saturated rings. The Morgan fingerprint density at radius 1 is 1.62 bits per heavy atom. The summed E-state index contributed by atoms with van der Waals surface area (Å²) in [7, 11) is 0. The van der Waals surface area contributed by atoms with Gasteiger partial charge in [-0.1, -0.05) is 11.6 Å². The van der Waals surface area contributed by atoms with Crippen LogP contribution in [0.5, 0.6) is 5.75 Å². The maximum absolute atomic E-state index is 13.1. The smallest absolute Gasteiger partial charge is 0.407 e. The summed E-state index contributed by atoms with van der Waals surface area (Å²) in [5, 5.41) is 0.240. The van der Waals surface area contributed by atoms with Gasteiger partial charge in [0.2, 0.25) is 0 Å². The van der Waals surface area contributed by atoms with Gasteiger partial charge >= 0.3 is 6.09 Å². The van der Waals surface area contributed by atoms with Crippen LogP contribution >= 0.6 is 27.5 Å². The van der Waals surface area contributed by atoms with Gasteiger partial charge in [0.25, 0.3) is 0 Å². The van der Waals surface area contributed by atoms with Crippen molar-refractivity contribution in [3.05, 3.63) is 27.4 Å². The predicted octanol–water partition coefficient (Wildman–Crippen LogP) is 2.70. The fourth-order valence-electron chi connectivity index (χ4n) is 0.715. The molecule has 0 bridgehead atoms. The number of rotatable bonds is 1. The number of carbonyl (C=O) groups is 1. The Morgan fingerprint density at radius 3 is 2.77 bits per heavy atom. The lowest BCUT2D eigenvalue weighted by Gasteiger charge is -2.04. The molecule has 0 aliphatic rings. The Bertz CT molecular complexity index is 359. The summed E-state index contributed by atoms with van der Waals surface area (Å²) >= 11 is 8.47. The van der Waals surface area contributed by atoms with E-state index in [2.05, 4.69) is 20.7 Å². The molecule has 2 N–H and O–H groups in total. The number of halogens is 3. The number of primary amides is 1. The van der Waals surface area contributed by atoms with Gasteiger partial charge in [-0.25, -0.2) is 9.18 Å². The Kier molecular flexibility index (Phi) is 3.11. The molecule has 0 atom stereocenters. The third-order valence-corrected chi connectivity index (χ3v) is 1.97. The molecule has 70 valence electrons. The SMILES string of the molecule is NC(=O)Oc1cc(Cl)cc(Br)c1F. The zero-order chi connectivity index (χ0) is 10.0. The minimum atomic E-state index is -1.09. The minimum absolute atomic E-state index is 0.108. The highest BCUT2D eigenvalue weighted by molar-refractivity contribution is 9.10. The average Bonchev–Trinajstić information content (AvgIpc) is 1.98. The van der Waals surface area contributed by atoms with Gasteiger partial charge < -0.3 is 10.5 Å². The van der Waals surface area contributed by atoms with E-state index in [-0.39, 0.29) is 15.2 Å². The molecular formula is C7H4BrClFNO2. The van der Waals surface area contributed by atoms with Crippen molar-refractivity contribution in [1.29, 1.82) is 0 Å². The second-order valence-electron chi connectivity index (χ2n) is 2.12. The van der Waals surface area contributed by atoms with E-state index in [0.717, 1.165) is 6.07 Å². The molecule has 1 aromatic carbocycles. The number of benzene rings is 1. The molecule has 0 spiro atoms. The highest BCUT2D eigenvalue weighted by Gasteiger charge is 2.11. The van der Waals surface area contributed by atoms with E-state index in [9.17, 15) is 9.18 Å². The molecule has 1 aromatic rings. The summed E-state index contributed by atoms with van der Waals surface area (Å²) in [5.41, 5.74) is 4.71. The highest BCUT2D eigenvalue weighted by atomic mass is 79.9. The van der Waals surface area contributed by atoms with Gasteiger partial charge in [-0.15, -0.1) is 0 Å². The van der Waals surface area contributed by atoms with Crippen molar-refractivity contribution >= 4 is 33.6 Å². The van der Waals surface area contributed by atoms with Gasteiger partial charge in [0.15, 0.2) is 11.6 Å². The number of hydrogen-bond acceptors (Lipinski definition) is 2. The first-order valence-electron chi connectivity index (χ1n) is 3.12. The quantitative estimate of drug-likeness (QED) is 0.796. The number of carbonyl (C=O) groups excluding carboxylic acids is 1. The number of ether oxygens (including phenoxy) is 1. The number of amides is 1. The van der Waals surface area contributed by atoms with Crippen LogP contribution in [0.4, 0.5) is 9.18 Å². The first kappa shape index (κ1) is 10.3. The van der Waals surface area contributed by atoms with Crippen molar-refractivity contribution in [2.75, 3.05) is 0 Å². The Balaban J connectivity index is 3.12. The normalized spacial score (nSPS) is 9.77. The summed E-state index contributed by atoms with van der Waals surface area (Å²) < 4.78 is 17.6. The van der Waals surface area contributed by atoms with Gasteiger partial charge in [-0.3, -0.25) is 0 Å². The molecule has 0 aliphatic carbocycles. The first-order chi connectivity index (χ1) is 6.00. The zero-order valence-corrected chi connectivity index (χ0v) is 8.52. The maximum atomic E-state index is 13.1. The fraction of sp³-hybridized carbons (Fsp3) is 0. The average molecular weight is 268 g/mol. The Hall–Kier alpha value is -0.810. The molecule has 1 amide bonds. The van der Waals surface area contributed by atoms with E-state index in [1.165, 1.54) is 6.07 Å². The third-order valence-electron chi connectivity index (χ3n) is 1.17. The number of nitrogens with two attached hydrogens (primary N) is 1. The summed E-state index contributed by atoms with van der Waals surface area (Å²) in [6, 6.07) is 2.50. The standard InChI is InChI=1S/C7H4BrClFNO2/c8-4-1-3(9)2-5(6(4)10)13-7(11)12/h1-2H,(H2,11,12). The molecular weight excluding hydrogens is 264 g/mol. The lowest BCUT2D eigenvalue weighted by atomic mass is 10.3. The first-order valence-corrected chi connectivity index (χ1v) is 4.29. The second-order valence-corrected chi connectivity index (χ2v) is 3.41. The molecule has 0 unspecified atom stereocenters. The lowest BCUT2D eigenvalue weighted by molar-refractivity contribution is 0.208.